The van der Waals surface area contributed by atoms with Crippen LogP contribution in [0.4, 0.5) is 4.39 Å². The van der Waals surface area contributed by atoms with E-state index < -0.39 is 17.7 Å². The lowest BCUT2D eigenvalue weighted by Crippen LogP contribution is -2.28. The minimum Gasteiger partial charge on any atom is -0.356 e. The molecule has 1 N–H and O–H groups in total. The van der Waals surface area contributed by atoms with E-state index in [9.17, 15) is 18.8 Å². The Morgan fingerprint density at radius 1 is 1.23 bits per heavy atom. The highest BCUT2D eigenvalue weighted by atomic mass is 35.5. The van der Waals surface area contributed by atoms with E-state index in [0.29, 0.717) is 28.8 Å². The lowest BCUT2D eigenvalue weighted by molar-refractivity contribution is -0.128. The van der Waals surface area contributed by atoms with Crippen molar-refractivity contribution in [3.05, 3.63) is 51.9 Å². The van der Waals surface area contributed by atoms with Crippen molar-refractivity contribution in [3.63, 3.8) is 0 Å². The Kier molecular flexibility index (Phi) is 7.21. The van der Waals surface area contributed by atoms with Crippen LogP contribution >= 0.6 is 11.6 Å². The average Bonchev–Trinajstić information content (AvgIpc) is 2.95. The largest absolute Gasteiger partial charge is 0.356 e. The van der Waals surface area contributed by atoms with Crippen LogP contribution in [0.25, 0.3) is 11.3 Å². The molecule has 164 valence electrons. The third kappa shape index (κ3) is 5.01. The summed E-state index contributed by atoms with van der Waals surface area (Å²) in [5.41, 5.74) is 2.78. The van der Waals surface area contributed by atoms with Crippen LogP contribution in [0.1, 0.15) is 55.2 Å². The molecule has 5 nitrogen and oxygen atoms in total. The minimum absolute atomic E-state index is 0.0286. The highest BCUT2D eigenvalue weighted by Gasteiger charge is 2.43. The smallest absolute Gasteiger partial charge is 0.220 e. The van der Waals surface area contributed by atoms with Gasteiger partial charge in [-0.1, -0.05) is 24.9 Å². The molecule has 1 fully saturated rings. The number of unbranched alkanes of at least 4 members (excludes halogenated alkanes) is 1. The van der Waals surface area contributed by atoms with Crippen molar-refractivity contribution in [1.29, 1.82) is 0 Å². The molecule has 1 aliphatic rings. The van der Waals surface area contributed by atoms with E-state index in [0.717, 1.165) is 12.8 Å². The number of pyridine rings is 1. The van der Waals surface area contributed by atoms with E-state index in [2.05, 4.69) is 10.3 Å². The van der Waals surface area contributed by atoms with E-state index in [4.69, 9.17) is 11.6 Å². The summed E-state index contributed by atoms with van der Waals surface area (Å²) in [7, 11) is 0. The second kappa shape index (κ2) is 9.69. The third-order valence-electron chi connectivity index (χ3n) is 5.70. The van der Waals surface area contributed by atoms with Crippen molar-refractivity contribution < 1.29 is 18.8 Å². The molecule has 1 aromatic carbocycles. The topological polar surface area (TPSA) is 76.1 Å². The molecule has 2 aromatic rings. The second-order valence-electron chi connectivity index (χ2n) is 8.12. The zero-order chi connectivity index (χ0) is 22.7. The molecular formula is C24H26ClFN2O3. The maximum atomic E-state index is 14.3. The molecule has 0 radical (unpaired) electrons. The Morgan fingerprint density at radius 2 is 1.90 bits per heavy atom. The van der Waals surface area contributed by atoms with Crippen molar-refractivity contribution in [2.45, 2.75) is 52.4 Å². The summed E-state index contributed by atoms with van der Waals surface area (Å²) >= 11 is 5.79. The van der Waals surface area contributed by atoms with Crippen molar-refractivity contribution in [1.82, 2.24) is 10.3 Å². The number of nitrogens with one attached hydrogen (secondary N) is 1. The molecule has 1 aromatic heterocycles. The van der Waals surface area contributed by atoms with Crippen LogP contribution in [0, 0.1) is 25.6 Å². The first-order chi connectivity index (χ1) is 14.7. The molecule has 3 rings (SSSR count). The van der Waals surface area contributed by atoms with Crippen molar-refractivity contribution in [3.8, 4) is 11.3 Å². The van der Waals surface area contributed by atoms with Crippen LogP contribution in [-0.4, -0.2) is 29.0 Å². The van der Waals surface area contributed by atoms with Gasteiger partial charge in [-0.05, 0) is 55.2 Å². The zero-order valence-electron chi connectivity index (χ0n) is 17.9. The normalized spacial score (nSPS) is 18.5. The molecular weight excluding hydrogens is 419 g/mol. The summed E-state index contributed by atoms with van der Waals surface area (Å²) in [5, 5.41) is 3.01. The van der Waals surface area contributed by atoms with Gasteiger partial charge in [-0.25, -0.2) is 4.39 Å². The summed E-state index contributed by atoms with van der Waals surface area (Å²) in [4.78, 5) is 42.0. The number of carbonyl (C=O) groups is 3. The number of halogens is 2. The number of rotatable bonds is 7. The van der Waals surface area contributed by atoms with Crippen molar-refractivity contribution in [2.75, 3.05) is 6.54 Å². The van der Waals surface area contributed by atoms with Gasteiger partial charge >= 0.3 is 0 Å². The lowest BCUT2D eigenvalue weighted by atomic mass is 9.85. The molecule has 0 bridgehead atoms. The van der Waals surface area contributed by atoms with Gasteiger partial charge in [0.25, 0.3) is 0 Å². The fraction of sp³-hybridized carbons (Fsp3) is 0.417. The molecule has 1 saturated carbocycles. The van der Waals surface area contributed by atoms with Gasteiger partial charge in [-0.3, -0.25) is 19.4 Å². The van der Waals surface area contributed by atoms with Gasteiger partial charge in [0.1, 0.15) is 17.4 Å². The molecule has 0 saturated heterocycles. The maximum absolute atomic E-state index is 14.3. The number of nitrogens with zero attached hydrogens (tertiary/aromatic N) is 1. The van der Waals surface area contributed by atoms with Gasteiger partial charge in [0.15, 0.2) is 11.6 Å². The SMILES string of the molecule is CCCCNC(=O)CC1CC(=O)C(c2c(C)cc(-c3ncc(Cl)cc3F)cc2C)C1=O. The quantitative estimate of drug-likeness (QED) is 0.495. The average molecular weight is 445 g/mol. The summed E-state index contributed by atoms with van der Waals surface area (Å²) in [6.07, 6.45) is 3.31. The van der Waals surface area contributed by atoms with Crippen LogP contribution in [0.3, 0.4) is 0 Å². The molecule has 1 aliphatic carbocycles. The molecule has 2 unspecified atom stereocenters. The van der Waals surface area contributed by atoms with E-state index in [1.54, 1.807) is 26.0 Å². The van der Waals surface area contributed by atoms with E-state index >= 15 is 0 Å². The number of hydrogen-bond donors (Lipinski definition) is 1. The Balaban J connectivity index is 1.84. The number of ketones is 2. The summed E-state index contributed by atoms with van der Waals surface area (Å²) in [6, 6.07) is 4.66. The van der Waals surface area contributed by atoms with Gasteiger partial charge in [-0.2, -0.15) is 0 Å². The second-order valence-corrected chi connectivity index (χ2v) is 8.55. The molecule has 31 heavy (non-hydrogen) atoms. The number of hydrogen-bond acceptors (Lipinski definition) is 4. The van der Waals surface area contributed by atoms with E-state index in [-0.39, 0.29) is 41.0 Å². The monoisotopic (exact) mass is 444 g/mol. The third-order valence-corrected chi connectivity index (χ3v) is 5.91. The fourth-order valence-corrected chi connectivity index (χ4v) is 4.37. The Bertz CT molecular complexity index is 1010. The number of aromatic nitrogens is 1. The molecule has 1 amide bonds. The first kappa shape index (κ1) is 23.1. The number of aryl methyl sites for hydroxylation is 2. The van der Waals surface area contributed by atoms with Crippen molar-refractivity contribution in [2.24, 2.45) is 5.92 Å². The number of Topliss-reactive ketones (excluding diaryl/α,β-unsaturated/α-hetero) is 2. The van der Waals surface area contributed by atoms with E-state index in [1.165, 1.54) is 12.3 Å². The van der Waals surface area contributed by atoms with Crippen LogP contribution in [-0.2, 0) is 14.4 Å². The Labute approximate surface area is 186 Å². The first-order valence-corrected chi connectivity index (χ1v) is 10.9. The molecule has 0 spiro atoms. The lowest BCUT2D eigenvalue weighted by Gasteiger charge is -2.17. The number of benzene rings is 1. The van der Waals surface area contributed by atoms with Gasteiger partial charge in [0.05, 0.1) is 5.02 Å². The molecule has 0 aliphatic heterocycles. The Morgan fingerprint density at radius 3 is 2.52 bits per heavy atom. The van der Waals surface area contributed by atoms with Crippen LogP contribution in [0.5, 0.6) is 0 Å². The van der Waals surface area contributed by atoms with Gasteiger partial charge in [0, 0.05) is 37.1 Å². The highest BCUT2D eigenvalue weighted by molar-refractivity contribution is 6.30. The molecule has 2 atom stereocenters. The van der Waals surface area contributed by atoms with Gasteiger partial charge < -0.3 is 5.32 Å². The van der Waals surface area contributed by atoms with Gasteiger partial charge in [-0.15, -0.1) is 0 Å². The highest BCUT2D eigenvalue weighted by Crippen LogP contribution is 2.38. The standard InChI is InChI=1S/C24H26ClFN2O3/c1-4-5-6-27-20(30)10-16-9-19(29)22(24(16)31)21-13(2)7-15(8-14(21)3)23-18(26)11-17(25)12-28-23/h7-8,11-12,16,22H,4-6,9-10H2,1-3H3,(H,27,30). The maximum Gasteiger partial charge on any atom is 0.220 e. The Hall–Kier alpha value is -2.60. The van der Waals surface area contributed by atoms with E-state index in [1.807, 2.05) is 6.92 Å². The molecule has 7 heteroatoms. The number of carbonyl (C=O) groups excluding carboxylic acids is 3. The summed E-state index contributed by atoms with van der Waals surface area (Å²) < 4.78 is 14.3. The minimum atomic E-state index is -0.884. The first-order valence-electron chi connectivity index (χ1n) is 10.5. The predicted octanol–water partition coefficient (Wildman–Crippen LogP) is 4.71. The summed E-state index contributed by atoms with van der Waals surface area (Å²) in [6.45, 7) is 6.20. The zero-order valence-corrected chi connectivity index (χ0v) is 18.7. The van der Waals surface area contributed by atoms with Crippen LogP contribution in [0.2, 0.25) is 5.02 Å². The van der Waals surface area contributed by atoms with Gasteiger partial charge in [0.2, 0.25) is 5.91 Å². The van der Waals surface area contributed by atoms with Crippen LogP contribution < -0.4 is 5.32 Å². The van der Waals surface area contributed by atoms with Crippen LogP contribution in [0.15, 0.2) is 24.4 Å². The molecule has 1 heterocycles. The number of amides is 1. The fourth-order valence-electron chi connectivity index (χ4n) is 4.23. The summed E-state index contributed by atoms with van der Waals surface area (Å²) in [5.74, 6) is -2.62. The van der Waals surface area contributed by atoms with Crippen molar-refractivity contribution >= 4 is 29.1 Å². The predicted molar refractivity (Wildman–Crippen MR) is 118 cm³/mol.